The third-order valence-electron chi connectivity index (χ3n) is 3.67. The number of anilines is 1. The van der Waals surface area contributed by atoms with E-state index in [2.05, 4.69) is 47.5 Å². The van der Waals surface area contributed by atoms with Gasteiger partial charge in [0, 0.05) is 25.0 Å². The number of nitrogens with one attached hydrogen (secondary N) is 1. The lowest BCUT2D eigenvalue weighted by Gasteiger charge is -2.33. The van der Waals surface area contributed by atoms with Crippen LogP contribution in [0.1, 0.15) is 12.6 Å². The van der Waals surface area contributed by atoms with Crippen molar-refractivity contribution in [3.63, 3.8) is 0 Å². The number of nitrogens with zero attached hydrogens (tertiary/aromatic N) is 2. The first-order chi connectivity index (χ1) is 9.78. The van der Waals surface area contributed by atoms with Gasteiger partial charge in [0.1, 0.15) is 5.82 Å². The Kier molecular flexibility index (Phi) is 3.85. The summed E-state index contributed by atoms with van der Waals surface area (Å²) >= 11 is 0. The van der Waals surface area contributed by atoms with E-state index in [1.54, 1.807) is 0 Å². The first-order valence-electron chi connectivity index (χ1n) is 7.18. The second-order valence-corrected chi connectivity index (χ2v) is 5.32. The van der Waals surface area contributed by atoms with Gasteiger partial charge in [-0.25, -0.2) is 4.98 Å². The van der Waals surface area contributed by atoms with Crippen LogP contribution in [0, 0.1) is 0 Å². The van der Waals surface area contributed by atoms with Crippen molar-refractivity contribution >= 4 is 16.6 Å². The Morgan fingerprint density at radius 3 is 3.05 bits per heavy atom. The van der Waals surface area contributed by atoms with Gasteiger partial charge in [-0.1, -0.05) is 24.3 Å². The lowest BCUT2D eigenvalue weighted by molar-refractivity contribution is 0.0530. The van der Waals surface area contributed by atoms with Gasteiger partial charge < -0.3 is 15.0 Å². The Hall–Kier alpha value is -1.65. The zero-order valence-electron chi connectivity index (χ0n) is 12.1. The van der Waals surface area contributed by atoms with Gasteiger partial charge in [0.15, 0.2) is 0 Å². The summed E-state index contributed by atoms with van der Waals surface area (Å²) in [6.45, 7) is 5.49. The molecule has 2 aromatic rings. The first-order valence-corrected chi connectivity index (χ1v) is 7.18. The Bertz CT molecular complexity index is 599. The topological polar surface area (TPSA) is 37.4 Å². The minimum atomic E-state index is 0.261. The molecule has 0 saturated carbocycles. The summed E-state index contributed by atoms with van der Waals surface area (Å²) in [5.74, 6) is 1.09. The fourth-order valence-corrected chi connectivity index (χ4v) is 2.76. The van der Waals surface area contributed by atoms with E-state index in [9.17, 15) is 0 Å². The largest absolute Gasteiger partial charge is 0.375 e. The molecule has 1 aliphatic rings. The summed E-state index contributed by atoms with van der Waals surface area (Å²) in [7, 11) is 1.95. The maximum atomic E-state index is 5.64. The molecular weight excluding hydrogens is 250 g/mol. The van der Waals surface area contributed by atoms with Crippen LogP contribution < -0.4 is 10.2 Å². The van der Waals surface area contributed by atoms with Gasteiger partial charge in [-0.3, -0.25) is 0 Å². The predicted molar refractivity (Wildman–Crippen MR) is 82.1 cm³/mol. The Balaban J connectivity index is 2.06. The van der Waals surface area contributed by atoms with Crippen LogP contribution in [-0.4, -0.2) is 37.8 Å². The van der Waals surface area contributed by atoms with Crippen LogP contribution in [0.5, 0.6) is 0 Å². The second-order valence-electron chi connectivity index (χ2n) is 5.32. The fourth-order valence-electron chi connectivity index (χ4n) is 2.76. The van der Waals surface area contributed by atoms with E-state index in [-0.39, 0.29) is 6.10 Å². The highest BCUT2D eigenvalue weighted by Crippen LogP contribution is 2.27. The zero-order chi connectivity index (χ0) is 13.9. The average molecular weight is 271 g/mol. The molecule has 2 heterocycles. The van der Waals surface area contributed by atoms with Gasteiger partial charge in [0.2, 0.25) is 0 Å². The van der Waals surface area contributed by atoms with E-state index in [1.165, 1.54) is 10.8 Å². The lowest BCUT2D eigenvalue weighted by Crippen LogP contribution is -2.41. The van der Waals surface area contributed by atoms with Gasteiger partial charge in [0.25, 0.3) is 0 Å². The molecule has 0 amide bonds. The minimum absolute atomic E-state index is 0.261. The van der Waals surface area contributed by atoms with Crippen LogP contribution in [-0.2, 0) is 11.3 Å². The molecule has 0 spiro atoms. The molecule has 20 heavy (non-hydrogen) atoms. The number of ether oxygens (including phenoxy) is 1. The highest BCUT2D eigenvalue weighted by molar-refractivity contribution is 5.92. The van der Waals surface area contributed by atoms with Gasteiger partial charge in [-0.15, -0.1) is 0 Å². The van der Waals surface area contributed by atoms with E-state index in [4.69, 9.17) is 9.72 Å². The van der Waals surface area contributed by atoms with Gasteiger partial charge in [-0.05, 0) is 25.4 Å². The van der Waals surface area contributed by atoms with Crippen molar-refractivity contribution < 1.29 is 4.74 Å². The molecule has 1 aliphatic heterocycles. The normalized spacial score (nSPS) is 19.5. The van der Waals surface area contributed by atoms with E-state index in [1.807, 2.05) is 7.05 Å². The maximum absolute atomic E-state index is 5.64. The molecule has 1 saturated heterocycles. The second kappa shape index (κ2) is 5.77. The Morgan fingerprint density at radius 1 is 1.40 bits per heavy atom. The van der Waals surface area contributed by atoms with E-state index in [0.717, 1.165) is 37.8 Å². The standard InChI is InChI=1S/C16H21N3O/c1-12-11-19(7-8-20-12)16-15-6-4-3-5-13(15)9-14(18-16)10-17-2/h3-6,9,12,17H,7-8,10-11H2,1-2H3. The summed E-state index contributed by atoms with van der Waals surface area (Å²) in [6.07, 6.45) is 0.261. The molecule has 1 atom stereocenters. The molecule has 0 radical (unpaired) electrons. The van der Waals surface area contributed by atoms with Crippen LogP contribution >= 0.6 is 0 Å². The van der Waals surface area contributed by atoms with Crippen LogP contribution in [0.4, 0.5) is 5.82 Å². The Morgan fingerprint density at radius 2 is 2.25 bits per heavy atom. The minimum Gasteiger partial charge on any atom is -0.375 e. The molecule has 1 fully saturated rings. The molecule has 1 aromatic heterocycles. The number of hydrogen-bond acceptors (Lipinski definition) is 4. The van der Waals surface area contributed by atoms with Crippen molar-refractivity contribution in [3.05, 3.63) is 36.0 Å². The van der Waals surface area contributed by atoms with Crippen LogP contribution in [0.25, 0.3) is 10.8 Å². The highest BCUT2D eigenvalue weighted by atomic mass is 16.5. The lowest BCUT2D eigenvalue weighted by atomic mass is 10.1. The number of rotatable bonds is 3. The maximum Gasteiger partial charge on any atom is 0.136 e. The van der Waals surface area contributed by atoms with E-state index < -0.39 is 0 Å². The van der Waals surface area contributed by atoms with Crippen LogP contribution in [0.15, 0.2) is 30.3 Å². The molecule has 0 bridgehead atoms. The SMILES string of the molecule is CNCc1cc2ccccc2c(N2CCOC(C)C2)n1. The van der Waals surface area contributed by atoms with Gasteiger partial charge in [-0.2, -0.15) is 0 Å². The van der Waals surface area contributed by atoms with Crippen molar-refractivity contribution in [1.29, 1.82) is 0 Å². The summed E-state index contributed by atoms with van der Waals surface area (Å²) in [5.41, 5.74) is 1.08. The number of benzene rings is 1. The molecule has 4 heteroatoms. The van der Waals surface area contributed by atoms with Crippen LogP contribution in [0.3, 0.4) is 0 Å². The summed E-state index contributed by atoms with van der Waals surface area (Å²) in [6, 6.07) is 10.6. The van der Waals surface area contributed by atoms with Crippen molar-refractivity contribution in [2.45, 2.75) is 19.6 Å². The van der Waals surface area contributed by atoms with Crippen molar-refractivity contribution in [2.24, 2.45) is 0 Å². The summed E-state index contributed by atoms with van der Waals surface area (Å²) in [4.78, 5) is 7.20. The molecule has 1 aromatic carbocycles. The van der Waals surface area contributed by atoms with Crippen LogP contribution in [0.2, 0.25) is 0 Å². The van der Waals surface area contributed by atoms with Crippen molar-refractivity contribution in [2.75, 3.05) is 31.6 Å². The molecule has 4 nitrogen and oxygen atoms in total. The molecule has 0 aliphatic carbocycles. The smallest absolute Gasteiger partial charge is 0.136 e. The quantitative estimate of drug-likeness (QED) is 0.928. The number of pyridine rings is 1. The first kappa shape index (κ1) is 13.3. The molecular formula is C16H21N3O. The summed E-state index contributed by atoms with van der Waals surface area (Å²) in [5, 5.41) is 5.66. The fraction of sp³-hybridized carbons (Fsp3) is 0.438. The van der Waals surface area contributed by atoms with E-state index >= 15 is 0 Å². The highest BCUT2D eigenvalue weighted by Gasteiger charge is 2.20. The molecule has 1 unspecified atom stereocenters. The summed E-state index contributed by atoms with van der Waals surface area (Å²) < 4.78 is 5.64. The Labute approximate surface area is 119 Å². The number of hydrogen-bond donors (Lipinski definition) is 1. The van der Waals surface area contributed by atoms with Crippen molar-refractivity contribution in [3.8, 4) is 0 Å². The number of morpholine rings is 1. The average Bonchev–Trinajstić information content (AvgIpc) is 2.47. The van der Waals surface area contributed by atoms with E-state index in [0.29, 0.717) is 0 Å². The number of fused-ring (bicyclic) bond motifs is 1. The van der Waals surface area contributed by atoms with Crippen molar-refractivity contribution in [1.82, 2.24) is 10.3 Å². The number of aromatic nitrogens is 1. The van der Waals surface area contributed by atoms with Gasteiger partial charge in [0.05, 0.1) is 18.4 Å². The zero-order valence-corrected chi connectivity index (χ0v) is 12.1. The third-order valence-corrected chi connectivity index (χ3v) is 3.67. The molecule has 1 N–H and O–H groups in total. The van der Waals surface area contributed by atoms with Gasteiger partial charge >= 0.3 is 0 Å². The molecule has 3 rings (SSSR count). The third kappa shape index (κ3) is 2.62. The predicted octanol–water partition coefficient (Wildman–Crippen LogP) is 2.18. The molecule has 106 valence electrons. The monoisotopic (exact) mass is 271 g/mol.